The SMILES string of the molecule is CC(C)=CCC(OC(=O)CN1CCN(c2ccccc2)CC1)C1=CC(=O)c2c(O)ccc(O)c2C1=O. The zero-order chi connectivity index (χ0) is 25.8. The van der Waals surface area contributed by atoms with E-state index in [9.17, 15) is 24.6 Å². The highest BCUT2D eigenvalue weighted by Crippen LogP contribution is 2.36. The number of fused-ring (bicyclic) bond motifs is 1. The monoisotopic (exact) mass is 490 g/mol. The van der Waals surface area contributed by atoms with Gasteiger partial charge in [0.25, 0.3) is 0 Å². The minimum Gasteiger partial charge on any atom is -0.507 e. The number of carbonyl (C=O) groups is 3. The van der Waals surface area contributed by atoms with E-state index in [1.165, 1.54) is 0 Å². The van der Waals surface area contributed by atoms with Crippen molar-refractivity contribution in [1.82, 2.24) is 4.90 Å². The number of ether oxygens (including phenoxy) is 1. The molecular weight excluding hydrogens is 460 g/mol. The molecule has 8 nitrogen and oxygen atoms in total. The Morgan fingerprint density at radius 1 is 0.972 bits per heavy atom. The van der Waals surface area contributed by atoms with Gasteiger partial charge in [-0.1, -0.05) is 29.8 Å². The number of ketones is 2. The molecular formula is C28H30N2O6. The summed E-state index contributed by atoms with van der Waals surface area (Å²) in [7, 11) is 0. The van der Waals surface area contributed by atoms with Gasteiger partial charge in [0.1, 0.15) is 17.6 Å². The maximum absolute atomic E-state index is 13.2. The molecule has 2 aromatic rings. The molecule has 4 rings (SSSR count). The highest BCUT2D eigenvalue weighted by Gasteiger charge is 2.36. The van der Waals surface area contributed by atoms with Crippen molar-refractivity contribution in [3.05, 3.63) is 76.9 Å². The molecule has 188 valence electrons. The van der Waals surface area contributed by atoms with Crippen molar-refractivity contribution in [2.75, 3.05) is 37.6 Å². The van der Waals surface area contributed by atoms with Crippen LogP contribution in [0.5, 0.6) is 11.5 Å². The van der Waals surface area contributed by atoms with Gasteiger partial charge in [0, 0.05) is 43.9 Å². The number of para-hydroxylation sites is 1. The molecule has 1 unspecified atom stereocenters. The van der Waals surface area contributed by atoms with Gasteiger partial charge in [0.05, 0.1) is 17.7 Å². The summed E-state index contributed by atoms with van der Waals surface area (Å²) in [5, 5.41) is 20.3. The third-order valence-corrected chi connectivity index (χ3v) is 6.39. The topological polar surface area (TPSA) is 107 Å². The Morgan fingerprint density at radius 3 is 2.25 bits per heavy atom. The van der Waals surface area contributed by atoms with Crippen LogP contribution in [0.4, 0.5) is 5.69 Å². The van der Waals surface area contributed by atoms with Crippen LogP contribution in [0.25, 0.3) is 0 Å². The number of phenolic OH excluding ortho intramolecular Hbond substituents is 2. The summed E-state index contributed by atoms with van der Waals surface area (Å²) in [4.78, 5) is 43.1. The lowest BCUT2D eigenvalue weighted by atomic mass is 9.85. The predicted molar refractivity (Wildman–Crippen MR) is 136 cm³/mol. The Bertz CT molecular complexity index is 1220. The van der Waals surface area contributed by atoms with E-state index in [4.69, 9.17) is 4.74 Å². The molecule has 0 spiro atoms. The molecule has 1 fully saturated rings. The number of anilines is 1. The normalized spacial score (nSPS) is 16.7. The number of hydrogen-bond acceptors (Lipinski definition) is 8. The van der Waals surface area contributed by atoms with E-state index in [0.29, 0.717) is 13.1 Å². The van der Waals surface area contributed by atoms with Crippen molar-refractivity contribution in [2.24, 2.45) is 0 Å². The summed E-state index contributed by atoms with van der Waals surface area (Å²) in [5.41, 5.74) is 1.57. The quantitative estimate of drug-likeness (QED) is 0.345. The van der Waals surface area contributed by atoms with Crippen LogP contribution in [0.1, 0.15) is 41.0 Å². The highest BCUT2D eigenvalue weighted by atomic mass is 16.5. The second kappa shape index (κ2) is 10.8. The van der Waals surface area contributed by atoms with E-state index < -0.39 is 29.4 Å². The number of hydrogen-bond donors (Lipinski definition) is 2. The van der Waals surface area contributed by atoms with Gasteiger partial charge >= 0.3 is 5.97 Å². The third kappa shape index (κ3) is 5.49. The van der Waals surface area contributed by atoms with Crippen molar-refractivity contribution in [3.8, 4) is 11.5 Å². The number of benzene rings is 2. The minimum atomic E-state index is -0.996. The number of allylic oxidation sites excluding steroid dienone is 2. The van der Waals surface area contributed by atoms with Crippen LogP contribution in [0.15, 0.2) is 65.8 Å². The first-order valence-electron chi connectivity index (χ1n) is 12.0. The molecule has 0 bridgehead atoms. The minimum absolute atomic E-state index is 0.0202. The number of aromatic hydroxyl groups is 2. The van der Waals surface area contributed by atoms with Gasteiger partial charge in [-0.05, 0) is 44.2 Å². The van der Waals surface area contributed by atoms with E-state index >= 15 is 0 Å². The van der Waals surface area contributed by atoms with E-state index in [1.54, 1.807) is 0 Å². The molecule has 1 atom stereocenters. The van der Waals surface area contributed by atoms with E-state index in [-0.39, 0.29) is 35.4 Å². The molecule has 0 amide bonds. The average Bonchev–Trinajstić information content (AvgIpc) is 2.86. The Kier molecular flexibility index (Phi) is 7.55. The van der Waals surface area contributed by atoms with Crippen LogP contribution in [-0.2, 0) is 9.53 Å². The number of nitrogens with zero attached hydrogens (tertiary/aromatic N) is 2. The molecule has 1 aliphatic carbocycles. The Morgan fingerprint density at radius 2 is 1.61 bits per heavy atom. The van der Waals surface area contributed by atoms with Crippen molar-refractivity contribution in [1.29, 1.82) is 0 Å². The fourth-order valence-corrected chi connectivity index (χ4v) is 4.49. The van der Waals surface area contributed by atoms with Crippen LogP contribution in [0.3, 0.4) is 0 Å². The fourth-order valence-electron chi connectivity index (χ4n) is 4.49. The summed E-state index contributed by atoms with van der Waals surface area (Å²) < 4.78 is 5.73. The smallest absolute Gasteiger partial charge is 0.320 e. The van der Waals surface area contributed by atoms with Crippen molar-refractivity contribution in [2.45, 2.75) is 26.4 Å². The third-order valence-electron chi connectivity index (χ3n) is 6.39. The molecule has 2 aromatic carbocycles. The van der Waals surface area contributed by atoms with Gasteiger partial charge in [0.2, 0.25) is 0 Å². The van der Waals surface area contributed by atoms with Gasteiger partial charge in [-0.3, -0.25) is 19.3 Å². The summed E-state index contributed by atoms with van der Waals surface area (Å²) in [5.74, 6) is -2.56. The molecule has 0 saturated carbocycles. The summed E-state index contributed by atoms with van der Waals surface area (Å²) >= 11 is 0. The maximum Gasteiger partial charge on any atom is 0.320 e. The molecule has 2 N–H and O–H groups in total. The van der Waals surface area contributed by atoms with Crippen LogP contribution >= 0.6 is 0 Å². The largest absolute Gasteiger partial charge is 0.507 e. The van der Waals surface area contributed by atoms with Crippen molar-refractivity contribution >= 4 is 23.2 Å². The van der Waals surface area contributed by atoms with Gasteiger partial charge in [-0.15, -0.1) is 0 Å². The second-order valence-electron chi connectivity index (χ2n) is 9.24. The lowest BCUT2D eigenvalue weighted by molar-refractivity contribution is -0.148. The average molecular weight is 491 g/mol. The Balaban J connectivity index is 1.46. The first kappa shape index (κ1) is 25.2. The van der Waals surface area contributed by atoms with Crippen LogP contribution in [0, 0.1) is 0 Å². The van der Waals surface area contributed by atoms with E-state index in [2.05, 4.69) is 17.0 Å². The molecule has 36 heavy (non-hydrogen) atoms. The lowest BCUT2D eigenvalue weighted by Gasteiger charge is -2.35. The zero-order valence-corrected chi connectivity index (χ0v) is 20.4. The number of Topliss-reactive ketones (excluding diaryl/α,β-unsaturated/α-hetero) is 1. The zero-order valence-electron chi connectivity index (χ0n) is 20.4. The van der Waals surface area contributed by atoms with Crippen molar-refractivity contribution in [3.63, 3.8) is 0 Å². The van der Waals surface area contributed by atoms with Gasteiger partial charge in [0.15, 0.2) is 11.6 Å². The standard InChI is InChI=1S/C28H30N2O6/c1-18(2)8-11-24(20-16-23(33)26-21(31)9-10-22(32)27(26)28(20)35)36-25(34)17-29-12-14-30(15-13-29)19-6-4-3-5-7-19/h3-10,16,24,31-32H,11-15,17H2,1-2H3. The number of rotatable bonds is 7. The number of esters is 1. The van der Waals surface area contributed by atoms with Crippen LogP contribution < -0.4 is 4.90 Å². The molecule has 8 heteroatoms. The highest BCUT2D eigenvalue weighted by molar-refractivity contribution is 6.27. The first-order chi connectivity index (χ1) is 17.2. The van der Waals surface area contributed by atoms with Crippen LogP contribution in [-0.4, -0.2) is 71.5 Å². The predicted octanol–water partition coefficient (Wildman–Crippen LogP) is 3.49. The van der Waals surface area contributed by atoms with Crippen LogP contribution in [0.2, 0.25) is 0 Å². The fraction of sp³-hybridized carbons (Fsp3) is 0.321. The Labute approximate surface area is 210 Å². The lowest BCUT2D eigenvalue weighted by Crippen LogP contribution is -2.48. The molecule has 0 radical (unpaired) electrons. The van der Waals surface area contributed by atoms with Gasteiger partial charge in [-0.2, -0.15) is 0 Å². The molecule has 1 aliphatic heterocycles. The summed E-state index contributed by atoms with van der Waals surface area (Å²) in [6, 6.07) is 12.4. The number of phenols is 2. The molecule has 0 aromatic heterocycles. The summed E-state index contributed by atoms with van der Waals surface area (Å²) in [6.07, 6.45) is 2.13. The maximum atomic E-state index is 13.2. The van der Waals surface area contributed by atoms with Crippen molar-refractivity contribution < 1.29 is 29.3 Å². The van der Waals surface area contributed by atoms with Gasteiger partial charge in [-0.25, -0.2) is 0 Å². The Hall–Kier alpha value is -3.91. The molecule has 2 aliphatic rings. The van der Waals surface area contributed by atoms with Gasteiger partial charge < -0.3 is 19.8 Å². The molecule has 1 saturated heterocycles. The van der Waals surface area contributed by atoms with E-state index in [0.717, 1.165) is 42.6 Å². The summed E-state index contributed by atoms with van der Waals surface area (Å²) in [6.45, 7) is 6.74. The molecule has 1 heterocycles. The number of piperazine rings is 1. The number of carbonyl (C=O) groups excluding carboxylic acids is 3. The van der Waals surface area contributed by atoms with E-state index in [1.807, 2.05) is 43.0 Å². The first-order valence-corrected chi connectivity index (χ1v) is 12.0. The second-order valence-corrected chi connectivity index (χ2v) is 9.24.